The summed E-state index contributed by atoms with van der Waals surface area (Å²) in [5.41, 5.74) is -0.0921. The summed E-state index contributed by atoms with van der Waals surface area (Å²) >= 11 is 0. The molecule has 2 fully saturated rings. The number of piperazine rings is 1. The summed E-state index contributed by atoms with van der Waals surface area (Å²) in [6.45, 7) is 1.92. The number of carboxylic acid groups (broad SMARTS) is 1. The molecule has 1 saturated carbocycles. The topological polar surface area (TPSA) is 123 Å². The van der Waals surface area contributed by atoms with E-state index in [0.717, 1.165) is 25.0 Å². The lowest BCUT2D eigenvalue weighted by atomic mass is 10.1. The molecule has 1 aromatic heterocycles. The number of Topliss-reactive ketones (excluding diaryl/α,β-unsaturated/α-hetero) is 1. The third-order valence-corrected chi connectivity index (χ3v) is 6.63. The molecule has 1 aliphatic carbocycles. The van der Waals surface area contributed by atoms with Crippen LogP contribution in [0.25, 0.3) is 10.9 Å². The Balaban J connectivity index is 1.36. The highest BCUT2D eigenvalue weighted by Gasteiger charge is 2.29. The van der Waals surface area contributed by atoms with Crippen molar-refractivity contribution in [1.82, 2.24) is 9.47 Å². The SMILES string of the molecule is O=C(CN1CCN(c2cc3c(cc2F)c(=O)c(C(=O)O)cn3C2CC2)CC1)c1ccc(O)cc1O. The lowest BCUT2D eigenvalue weighted by Gasteiger charge is -2.36. The highest BCUT2D eigenvalue weighted by atomic mass is 19.1. The molecule has 0 atom stereocenters. The zero-order chi connectivity index (χ0) is 24.9. The molecular weight excluding hydrogens is 457 g/mol. The predicted molar refractivity (Wildman–Crippen MR) is 126 cm³/mol. The fraction of sp³-hybridized carbons (Fsp3) is 0.320. The van der Waals surface area contributed by atoms with E-state index in [1.807, 2.05) is 9.80 Å². The van der Waals surface area contributed by atoms with Crippen LogP contribution in [0.15, 0.2) is 41.3 Å². The highest BCUT2D eigenvalue weighted by molar-refractivity contribution is 6.00. The maximum absolute atomic E-state index is 15.1. The second-order valence-electron chi connectivity index (χ2n) is 9.02. The summed E-state index contributed by atoms with van der Waals surface area (Å²) in [7, 11) is 0. The number of aromatic carboxylic acids is 1. The third kappa shape index (κ3) is 4.32. The van der Waals surface area contributed by atoms with E-state index in [9.17, 15) is 29.7 Å². The summed E-state index contributed by atoms with van der Waals surface area (Å²) in [5, 5.41) is 28.8. The largest absolute Gasteiger partial charge is 0.508 e. The Morgan fingerprint density at radius 2 is 1.71 bits per heavy atom. The quantitative estimate of drug-likeness (QED) is 0.459. The molecule has 0 radical (unpaired) electrons. The van der Waals surface area contributed by atoms with Crippen molar-refractivity contribution in [3.05, 3.63) is 63.7 Å². The van der Waals surface area contributed by atoms with Gasteiger partial charge < -0.3 is 24.8 Å². The Kier molecular flexibility index (Phi) is 5.68. The maximum atomic E-state index is 15.1. The molecule has 0 amide bonds. The van der Waals surface area contributed by atoms with Crippen molar-refractivity contribution in [2.45, 2.75) is 18.9 Å². The van der Waals surface area contributed by atoms with E-state index < -0.39 is 17.2 Å². The van der Waals surface area contributed by atoms with Gasteiger partial charge in [-0.15, -0.1) is 0 Å². The van der Waals surface area contributed by atoms with Crippen molar-refractivity contribution in [2.24, 2.45) is 0 Å². The Bertz CT molecular complexity index is 1410. The lowest BCUT2D eigenvalue weighted by Crippen LogP contribution is -2.48. The number of phenolic OH excluding ortho intramolecular Hbond substituents is 2. The number of carbonyl (C=O) groups is 2. The molecule has 1 aliphatic heterocycles. The van der Waals surface area contributed by atoms with E-state index in [0.29, 0.717) is 37.4 Å². The van der Waals surface area contributed by atoms with Crippen LogP contribution >= 0.6 is 0 Å². The standard InChI is InChI=1S/C25H24FN3O6/c26-19-10-17-20(29(14-1-2-14)12-18(24(17)33)25(34)35)11-21(19)28-7-5-27(6-8-28)13-23(32)16-4-3-15(30)9-22(16)31/h3-4,9-12,14,30-31H,1-2,5-8,13H2,(H,34,35). The fourth-order valence-electron chi connectivity index (χ4n) is 4.60. The molecule has 182 valence electrons. The smallest absolute Gasteiger partial charge is 0.341 e. The van der Waals surface area contributed by atoms with Crippen LogP contribution in [0.1, 0.15) is 39.6 Å². The first-order valence-corrected chi connectivity index (χ1v) is 11.4. The van der Waals surface area contributed by atoms with Gasteiger partial charge in [-0.3, -0.25) is 14.5 Å². The van der Waals surface area contributed by atoms with Crippen molar-refractivity contribution < 1.29 is 29.3 Å². The van der Waals surface area contributed by atoms with E-state index in [4.69, 9.17) is 0 Å². The van der Waals surface area contributed by atoms with Gasteiger partial charge in [0.25, 0.3) is 0 Å². The zero-order valence-electron chi connectivity index (χ0n) is 18.8. The van der Waals surface area contributed by atoms with Gasteiger partial charge in [0.2, 0.25) is 5.43 Å². The fourth-order valence-corrected chi connectivity index (χ4v) is 4.60. The van der Waals surface area contributed by atoms with E-state index in [1.165, 1.54) is 18.3 Å². The van der Waals surface area contributed by atoms with Crippen LogP contribution in [0, 0.1) is 5.82 Å². The molecule has 3 aromatic rings. The average Bonchev–Trinajstić information content (AvgIpc) is 3.65. The monoisotopic (exact) mass is 481 g/mol. The number of hydrogen-bond donors (Lipinski definition) is 3. The van der Waals surface area contributed by atoms with Gasteiger partial charge in [0.15, 0.2) is 5.78 Å². The summed E-state index contributed by atoms with van der Waals surface area (Å²) in [5.74, 6) is -2.62. The molecule has 0 spiro atoms. The lowest BCUT2D eigenvalue weighted by molar-refractivity contribution is 0.0694. The van der Waals surface area contributed by atoms with E-state index in [1.54, 1.807) is 10.6 Å². The number of carboxylic acids is 1. The molecule has 2 aliphatic rings. The number of pyridine rings is 1. The summed E-state index contributed by atoms with van der Waals surface area (Å²) in [6.07, 6.45) is 3.09. The minimum absolute atomic E-state index is 0.0518. The number of fused-ring (bicyclic) bond motifs is 1. The van der Waals surface area contributed by atoms with Crippen LogP contribution < -0.4 is 10.3 Å². The van der Waals surface area contributed by atoms with Gasteiger partial charge in [-0.05, 0) is 37.1 Å². The molecule has 0 bridgehead atoms. The van der Waals surface area contributed by atoms with Crippen molar-refractivity contribution in [3.63, 3.8) is 0 Å². The Hall–Kier alpha value is -3.92. The van der Waals surface area contributed by atoms with Gasteiger partial charge in [-0.25, -0.2) is 9.18 Å². The molecule has 5 rings (SSSR count). The average molecular weight is 481 g/mol. The molecule has 3 N–H and O–H groups in total. The van der Waals surface area contributed by atoms with Crippen LogP contribution in [0.2, 0.25) is 0 Å². The molecule has 35 heavy (non-hydrogen) atoms. The van der Waals surface area contributed by atoms with Crippen molar-refractivity contribution in [3.8, 4) is 11.5 Å². The van der Waals surface area contributed by atoms with Gasteiger partial charge in [0.05, 0.1) is 23.3 Å². The second-order valence-corrected chi connectivity index (χ2v) is 9.02. The molecular formula is C25H24FN3O6. The first-order valence-electron chi connectivity index (χ1n) is 11.4. The zero-order valence-corrected chi connectivity index (χ0v) is 18.8. The number of halogens is 1. The number of nitrogens with zero attached hydrogens (tertiary/aromatic N) is 3. The molecule has 9 nitrogen and oxygen atoms in total. The first kappa shape index (κ1) is 22.9. The van der Waals surface area contributed by atoms with Crippen LogP contribution in [0.4, 0.5) is 10.1 Å². The minimum Gasteiger partial charge on any atom is -0.508 e. The summed E-state index contributed by atoms with van der Waals surface area (Å²) in [6, 6.07) is 6.67. The summed E-state index contributed by atoms with van der Waals surface area (Å²) < 4.78 is 16.9. The first-order chi connectivity index (χ1) is 16.7. The van der Waals surface area contributed by atoms with E-state index >= 15 is 4.39 Å². The van der Waals surface area contributed by atoms with Gasteiger partial charge >= 0.3 is 5.97 Å². The Morgan fingerprint density at radius 1 is 1.00 bits per heavy atom. The molecule has 0 unspecified atom stereocenters. The third-order valence-electron chi connectivity index (χ3n) is 6.63. The van der Waals surface area contributed by atoms with Crippen molar-refractivity contribution >= 4 is 28.3 Å². The van der Waals surface area contributed by atoms with Gasteiger partial charge in [0.1, 0.15) is 22.9 Å². The number of hydrogen-bond acceptors (Lipinski definition) is 7. The summed E-state index contributed by atoms with van der Waals surface area (Å²) in [4.78, 5) is 40.5. The number of aromatic nitrogens is 1. The molecule has 2 aromatic carbocycles. The van der Waals surface area contributed by atoms with Gasteiger partial charge in [-0.1, -0.05) is 0 Å². The number of rotatable bonds is 6. The number of aromatic hydroxyl groups is 2. The van der Waals surface area contributed by atoms with Crippen LogP contribution in [-0.4, -0.2) is 69.3 Å². The number of anilines is 1. The van der Waals surface area contributed by atoms with Gasteiger partial charge in [0, 0.05) is 49.9 Å². The Morgan fingerprint density at radius 3 is 2.34 bits per heavy atom. The van der Waals surface area contributed by atoms with Crippen molar-refractivity contribution in [2.75, 3.05) is 37.6 Å². The Labute approximate surface area is 199 Å². The van der Waals surface area contributed by atoms with Crippen LogP contribution in [-0.2, 0) is 0 Å². The molecule has 2 heterocycles. The second kappa shape index (κ2) is 8.70. The van der Waals surface area contributed by atoms with Gasteiger partial charge in [-0.2, -0.15) is 0 Å². The normalized spacial score (nSPS) is 16.5. The number of phenols is 2. The maximum Gasteiger partial charge on any atom is 0.341 e. The predicted octanol–water partition coefficient (Wildman–Crippen LogP) is 2.59. The number of ketones is 1. The minimum atomic E-state index is -1.33. The van der Waals surface area contributed by atoms with Crippen LogP contribution in [0.5, 0.6) is 11.5 Å². The van der Waals surface area contributed by atoms with E-state index in [-0.39, 0.29) is 46.4 Å². The van der Waals surface area contributed by atoms with Crippen molar-refractivity contribution in [1.29, 1.82) is 0 Å². The molecule has 1 saturated heterocycles. The van der Waals surface area contributed by atoms with E-state index in [2.05, 4.69) is 0 Å². The van der Waals surface area contributed by atoms with Crippen LogP contribution in [0.3, 0.4) is 0 Å². The molecule has 10 heteroatoms. The number of carbonyl (C=O) groups excluding carboxylic acids is 1. The number of benzene rings is 2. The highest BCUT2D eigenvalue weighted by Crippen LogP contribution is 2.38.